The maximum atomic E-state index is 4.64. The highest BCUT2D eigenvalue weighted by Gasteiger charge is 2.14. The SMILES string of the molecule is CCNC(CCCC(C)C)c1cnn(-c2ccccc2)n1. The van der Waals surface area contributed by atoms with Crippen molar-refractivity contribution in [2.75, 3.05) is 6.54 Å². The van der Waals surface area contributed by atoms with Crippen LogP contribution in [0.4, 0.5) is 0 Å². The van der Waals surface area contributed by atoms with Gasteiger partial charge in [0.1, 0.15) is 5.69 Å². The molecule has 2 rings (SSSR count). The summed E-state index contributed by atoms with van der Waals surface area (Å²) in [6, 6.07) is 10.3. The van der Waals surface area contributed by atoms with Crippen LogP contribution < -0.4 is 5.32 Å². The van der Waals surface area contributed by atoms with Gasteiger partial charge < -0.3 is 5.32 Å². The Kier molecular flexibility index (Phi) is 5.93. The number of rotatable bonds is 8. The predicted octanol–water partition coefficient (Wildman–Crippen LogP) is 3.74. The van der Waals surface area contributed by atoms with Gasteiger partial charge in [0.05, 0.1) is 17.9 Å². The van der Waals surface area contributed by atoms with E-state index in [1.165, 1.54) is 12.8 Å². The second-order valence-corrected chi connectivity index (χ2v) is 5.83. The number of hydrogen-bond acceptors (Lipinski definition) is 3. The Hall–Kier alpha value is -1.68. The van der Waals surface area contributed by atoms with Crippen LogP contribution in [0, 0.1) is 5.92 Å². The number of benzene rings is 1. The van der Waals surface area contributed by atoms with Crippen molar-refractivity contribution in [1.29, 1.82) is 0 Å². The largest absolute Gasteiger partial charge is 0.309 e. The molecule has 1 atom stereocenters. The lowest BCUT2D eigenvalue weighted by atomic mass is 10.0. The Morgan fingerprint density at radius 3 is 2.57 bits per heavy atom. The summed E-state index contributed by atoms with van der Waals surface area (Å²) < 4.78 is 0. The van der Waals surface area contributed by atoms with Gasteiger partial charge >= 0.3 is 0 Å². The summed E-state index contributed by atoms with van der Waals surface area (Å²) in [6.07, 6.45) is 5.47. The van der Waals surface area contributed by atoms with E-state index >= 15 is 0 Å². The molecule has 2 aromatic rings. The van der Waals surface area contributed by atoms with Crippen LogP contribution in [-0.4, -0.2) is 21.5 Å². The molecule has 21 heavy (non-hydrogen) atoms. The Bertz CT molecular complexity index is 519. The number of hydrogen-bond donors (Lipinski definition) is 1. The molecule has 4 heteroatoms. The van der Waals surface area contributed by atoms with Crippen molar-refractivity contribution in [2.24, 2.45) is 5.92 Å². The molecule has 0 fully saturated rings. The summed E-state index contributed by atoms with van der Waals surface area (Å²) in [5, 5.41) is 12.6. The molecule has 0 spiro atoms. The molecule has 1 aromatic carbocycles. The molecule has 1 N–H and O–H groups in total. The molecule has 114 valence electrons. The number of para-hydroxylation sites is 1. The average molecular weight is 286 g/mol. The summed E-state index contributed by atoms with van der Waals surface area (Å²) in [4.78, 5) is 1.71. The Morgan fingerprint density at radius 2 is 1.90 bits per heavy atom. The van der Waals surface area contributed by atoms with Crippen molar-refractivity contribution in [3.8, 4) is 5.69 Å². The molecule has 0 aliphatic carbocycles. The molecule has 1 aromatic heterocycles. The average Bonchev–Trinajstić information content (AvgIpc) is 2.97. The molecule has 0 radical (unpaired) electrons. The van der Waals surface area contributed by atoms with Crippen LogP contribution in [0.5, 0.6) is 0 Å². The van der Waals surface area contributed by atoms with Crippen LogP contribution in [-0.2, 0) is 0 Å². The third-order valence-electron chi connectivity index (χ3n) is 3.58. The van der Waals surface area contributed by atoms with Gasteiger partial charge in [-0.05, 0) is 31.0 Å². The van der Waals surface area contributed by atoms with Gasteiger partial charge in [-0.2, -0.15) is 15.0 Å². The zero-order valence-electron chi connectivity index (χ0n) is 13.3. The fourth-order valence-electron chi connectivity index (χ4n) is 2.45. The first-order valence-electron chi connectivity index (χ1n) is 7.91. The van der Waals surface area contributed by atoms with Gasteiger partial charge in [-0.15, -0.1) is 0 Å². The van der Waals surface area contributed by atoms with Crippen molar-refractivity contribution in [2.45, 2.75) is 46.1 Å². The maximum absolute atomic E-state index is 4.64. The fraction of sp³-hybridized carbons (Fsp3) is 0.529. The highest BCUT2D eigenvalue weighted by Crippen LogP contribution is 2.19. The van der Waals surface area contributed by atoms with E-state index in [0.29, 0.717) is 6.04 Å². The first kappa shape index (κ1) is 15.7. The van der Waals surface area contributed by atoms with Crippen molar-refractivity contribution < 1.29 is 0 Å². The number of aromatic nitrogens is 3. The van der Waals surface area contributed by atoms with Crippen LogP contribution >= 0.6 is 0 Å². The smallest absolute Gasteiger partial charge is 0.100 e. The van der Waals surface area contributed by atoms with Gasteiger partial charge in [0, 0.05) is 0 Å². The van der Waals surface area contributed by atoms with Crippen LogP contribution in [0.3, 0.4) is 0 Å². The molecule has 4 nitrogen and oxygen atoms in total. The summed E-state index contributed by atoms with van der Waals surface area (Å²) in [5.41, 5.74) is 2.03. The molecular weight excluding hydrogens is 260 g/mol. The second-order valence-electron chi connectivity index (χ2n) is 5.83. The molecular formula is C17H26N4. The molecule has 0 bridgehead atoms. The van der Waals surface area contributed by atoms with E-state index in [2.05, 4.69) is 36.3 Å². The number of nitrogens with zero attached hydrogens (tertiary/aromatic N) is 3. The maximum Gasteiger partial charge on any atom is 0.100 e. The van der Waals surface area contributed by atoms with Gasteiger partial charge in [0.25, 0.3) is 0 Å². The third kappa shape index (κ3) is 4.67. The minimum atomic E-state index is 0.297. The van der Waals surface area contributed by atoms with Crippen molar-refractivity contribution >= 4 is 0 Å². The van der Waals surface area contributed by atoms with Crippen molar-refractivity contribution in [1.82, 2.24) is 20.3 Å². The number of nitrogens with one attached hydrogen (secondary N) is 1. The standard InChI is InChI=1S/C17H26N4/c1-4-18-16(12-8-9-14(2)3)17-13-19-21(20-17)15-10-6-5-7-11-15/h5-7,10-11,13-14,16,18H,4,8-9,12H2,1-3H3. The summed E-state index contributed by atoms with van der Waals surface area (Å²) in [5.74, 6) is 0.757. The van der Waals surface area contributed by atoms with E-state index in [-0.39, 0.29) is 0 Å². The minimum Gasteiger partial charge on any atom is -0.309 e. The van der Waals surface area contributed by atoms with E-state index in [1.54, 1.807) is 4.80 Å². The predicted molar refractivity (Wildman–Crippen MR) is 86.5 cm³/mol. The second kappa shape index (κ2) is 7.93. The normalized spacial score (nSPS) is 12.8. The topological polar surface area (TPSA) is 42.7 Å². The molecule has 1 heterocycles. The lowest BCUT2D eigenvalue weighted by Gasteiger charge is -2.15. The Morgan fingerprint density at radius 1 is 1.14 bits per heavy atom. The van der Waals surface area contributed by atoms with E-state index < -0.39 is 0 Å². The fourth-order valence-corrected chi connectivity index (χ4v) is 2.45. The lowest BCUT2D eigenvalue weighted by molar-refractivity contribution is 0.447. The monoisotopic (exact) mass is 286 g/mol. The summed E-state index contributed by atoms with van der Waals surface area (Å²) >= 11 is 0. The quantitative estimate of drug-likeness (QED) is 0.803. The lowest BCUT2D eigenvalue weighted by Crippen LogP contribution is -2.21. The van der Waals surface area contributed by atoms with Crippen LogP contribution in [0.1, 0.15) is 51.8 Å². The van der Waals surface area contributed by atoms with Crippen LogP contribution in [0.25, 0.3) is 5.69 Å². The molecule has 0 saturated carbocycles. The summed E-state index contributed by atoms with van der Waals surface area (Å²) in [7, 11) is 0. The first-order valence-corrected chi connectivity index (χ1v) is 7.91. The molecule has 0 aliphatic rings. The van der Waals surface area contributed by atoms with Gasteiger partial charge in [-0.25, -0.2) is 0 Å². The van der Waals surface area contributed by atoms with Gasteiger partial charge in [0.2, 0.25) is 0 Å². The summed E-state index contributed by atoms with van der Waals surface area (Å²) in [6.45, 7) is 7.63. The van der Waals surface area contributed by atoms with Crippen LogP contribution in [0.2, 0.25) is 0 Å². The van der Waals surface area contributed by atoms with E-state index in [0.717, 1.165) is 30.3 Å². The highest BCUT2D eigenvalue weighted by atomic mass is 15.5. The Labute approximate surface area is 127 Å². The third-order valence-corrected chi connectivity index (χ3v) is 3.58. The van der Waals surface area contributed by atoms with Gasteiger partial charge in [-0.1, -0.05) is 51.8 Å². The molecule has 0 saturated heterocycles. The zero-order valence-corrected chi connectivity index (χ0v) is 13.3. The minimum absolute atomic E-state index is 0.297. The first-order chi connectivity index (χ1) is 10.2. The van der Waals surface area contributed by atoms with E-state index in [1.807, 2.05) is 36.5 Å². The molecule has 0 amide bonds. The van der Waals surface area contributed by atoms with E-state index in [9.17, 15) is 0 Å². The highest BCUT2D eigenvalue weighted by molar-refractivity contribution is 5.28. The molecule has 1 unspecified atom stereocenters. The van der Waals surface area contributed by atoms with Gasteiger partial charge in [-0.3, -0.25) is 0 Å². The molecule has 0 aliphatic heterocycles. The van der Waals surface area contributed by atoms with Gasteiger partial charge in [0.15, 0.2) is 0 Å². The van der Waals surface area contributed by atoms with E-state index in [4.69, 9.17) is 0 Å². The Balaban J connectivity index is 2.05. The zero-order chi connectivity index (χ0) is 15.1. The van der Waals surface area contributed by atoms with Crippen molar-refractivity contribution in [3.63, 3.8) is 0 Å². The van der Waals surface area contributed by atoms with Crippen LogP contribution in [0.15, 0.2) is 36.5 Å². The van der Waals surface area contributed by atoms with Crippen molar-refractivity contribution in [3.05, 3.63) is 42.2 Å².